The average molecular weight is 414 g/mol. The van der Waals surface area contributed by atoms with Crippen molar-refractivity contribution >= 4 is 17.2 Å². The molecule has 29 heavy (non-hydrogen) atoms. The molecule has 0 saturated carbocycles. The van der Waals surface area contributed by atoms with Gasteiger partial charge >= 0.3 is 0 Å². The van der Waals surface area contributed by atoms with Gasteiger partial charge in [-0.25, -0.2) is 0 Å². The summed E-state index contributed by atoms with van der Waals surface area (Å²) >= 11 is 1.83. The Morgan fingerprint density at radius 3 is 2.59 bits per heavy atom. The van der Waals surface area contributed by atoms with Crippen molar-refractivity contribution in [1.29, 1.82) is 0 Å². The van der Waals surface area contributed by atoms with Gasteiger partial charge < -0.3 is 10.1 Å². The van der Waals surface area contributed by atoms with Gasteiger partial charge in [0.1, 0.15) is 0 Å². The molecule has 1 N–H and O–H groups in total. The van der Waals surface area contributed by atoms with E-state index in [4.69, 9.17) is 4.74 Å². The Hall–Kier alpha value is -1.73. The molecule has 2 aliphatic rings. The Morgan fingerprint density at radius 2 is 1.83 bits per heavy atom. The molecule has 0 spiro atoms. The Labute approximate surface area is 177 Å². The van der Waals surface area contributed by atoms with Crippen LogP contribution in [0.15, 0.2) is 35.7 Å². The quantitative estimate of drug-likeness (QED) is 0.791. The molecule has 0 radical (unpaired) electrons. The highest BCUT2D eigenvalue weighted by atomic mass is 32.1. The molecule has 3 heterocycles. The monoisotopic (exact) mass is 413 g/mol. The van der Waals surface area contributed by atoms with Crippen molar-refractivity contribution < 1.29 is 9.53 Å². The van der Waals surface area contributed by atoms with E-state index < -0.39 is 0 Å². The van der Waals surface area contributed by atoms with Crippen molar-refractivity contribution in [3.63, 3.8) is 0 Å². The van der Waals surface area contributed by atoms with Gasteiger partial charge in [0.05, 0.1) is 18.8 Å². The van der Waals surface area contributed by atoms with Crippen LogP contribution in [0.4, 0.5) is 0 Å². The van der Waals surface area contributed by atoms with Crippen molar-refractivity contribution in [2.24, 2.45) is 0 Å². The smallest absolute Gasteiger partial charge is 0.234 e. The summed E-state index contributed by atoms with van der Waals surface area (Å²) in [4.78, 5) is 18.5. The third-order valence-corrected chi connectivity index (χ3v) is 6.69. The maximum Gasteiger partial charge on any atom is 0.234 e. The summed E-state index contributed by atoms with van der Waals surface area (Å²) in [5.41, 5.74) is 3.83. The van der Waals surface area contributed by atoms with Crippen LogP contribution < -0.4 is 5.32 Å². The highest BCUT2D eigenvalue weighted by Gasteiger charge is 2.22. The van der Waals surface area contributed by atoms with Crippen LogP contribution in [0.5, 0.6) is 0 Å². The number of hydrogen-bond acceptors (Lipinski definition) is 5. The number of nitrogens with zero attached hydrogens (tertiary/aromatic N) is 2. The molecule has 1 amide bonds. The fourth-order valence-corrected chi connectivity index (χ4v) is 5.23. The number of carbonyl (C=O) groups excluding carboxylic acids is 1. The van der Waals surface area contributed by atoms with Gasteiger partial charge in [-0.3, -0.25) is 14.6 Å². The Kier molecular flexibility index (Phi) is 6.65. The minimum atomic E-state index is 0.101. The predicted octanol–water partition coefficient (Wildman–Crippen LogP) is 3.03. The Bertz CT molecular complexity index is 810. The topological polar surface area (TPSA) is 44.8 Å². The zero-order valence-electron chi connectivity index (χ0n) is 17.4. The van der Waals surface area contributed by atoms with Crippen molar-refractivity contribution in [2.75, 3.05) is 26.2 Å². The lowest BCUT2D eigenvalue weighted by Crippen LogP contribution is -2.44. The van der Waals surface area contributed by atoms with Gasteiger partial charge in [0.2, 0.25) is 5.91 Å². The second-order valence-corrected chi connectivity index (χ2v) is 9.37. The Balaban J connectivity index is 1.21. The zero-order valence-corrected chi connectivity index (χ0v) is 18.2. The first-order valence-corrected chi connectivity index (χ1v) is 11.4. The normalized spacial score (nSPS) is 23.0. The molecule has 2 atom stereocenters. The van der Waals surface area contributed by atoms with Gasteiger partial charge in [0.25, 0.3) is 0 Å². The molecule has 156 valence electrons. The van der Waals surface area contributed by atoms with Gasteiger partial charge in [-0.05, 0) is 48.4 Å². The van der Waals surface area contributed by atoms with Crippen molar-refractivity contribution in [3.05, 3.63) is 57.3 Å². The first kappa shape index (κ1) is 20.5. The van der Waals surface area contributed by atoms with Crippen molar-refractivity contribution in [2.45, 2.75) is 52.1 Å². The number of benzene rings is 1. The number of ether oxygens (including phenoxy) is 1. The fraction of sp³-hybridized carbons (Fsp3) is 0.522. The van der Waals surface area contributed by atoms with Crippen LogP contribution in [-0.2, 0) is 35.6 Å². The second-order valence-electron chi connectivity index (χ2n) is 8.37. The molecule has 0 bridgehead atoms. The molecule has 1 aromatic heterocycles. The highest BCUT2D eigenvalue weighted by molar-refractivity contribution is 7.10. The van der Waals surface area contributed by atoms with Crippen molar-refractivity contribution in [1.82, 2.24) is 15.1 Å². The fourth-order valence-electron chi connectivity index (χ4n) is 4.34. The number of thiophene rings is 1. The standard InChI is InChI=1S/C23H31N3O2S/c1-17-12-26(13-18(2)28-17)14-20-5-3-19(4-6-20)11-24-23(27)16-25-9-7-22-21(15-25)8-10-29-22/h3-6,8,10,17-18H,7,9,11-16H2,1-2H3,(H,24,27). The number of rotatable bonds is 6. The van der Waals surface area contributed by atoms with Gasteiger partial charge in [-0.2, -0.15) is 0 Å². The average Bonchev–Trinajstić information content (AvgIpc) is 3.14. The molecule has 1 fully saturated rings. The third kappa shape index (κ3) is 5.66. The molecule has 2 aromatic rings. The number of amides is 1. The molecular formula is C23H31N3O2S. The van der Waals surface area contributed by atoms with E-state index in [-0.39, 0.29) is 5.91 Å². The lowest BCUT2D eigenvalue weighted by molar-refractivity contribution is -0.122. The van der Waals surface area contributed by atoms with Gasteiger partial charge in [-0.1, -0.05) is 24.3 Å². The molecule has 2 unspecified atom stereocenters. The van der Waals surface area contributed by atoms with Crippen molar-refractivity contribution in [3.8, 4) is 0 Å². The van der Waals surface area contributed by atoms with Gasteiger partial charge in [0, 0.05) is 44.1 Å². The summed E-state index contributed by atoms with van der Waals surface area (Å²) < 4.78 is 5.81. The highest BCUT2D eigenvalue weighted by Crippen LogP contribution is 2.23. The SMILES string of the molecule is CC1CN(Cc2ccc(CNC(=O)CN3CCc4sccc4C3)cc2)CC(C)O1. The number of morpholine rings is 1. The maximum absolute atomic E-state index is 12.4. The predicted molar refractivity (Wildman–Crippen MR) is 117 cm³/mol. The number of hydrogen-bond donors (Lipinski definition) is 1. The minimum absolute atomic E-state index is 0.101. The summed E-state index contributed by atoms with van der Waals surface area (Å²) in [6.45, 7) is 10.1. The molecule has 4 rings (SSSR count). The molecule has 1 saturated heterocycles. The van der Waals surface area contributed by atoms with Crippen LogP contribution in [0.1, 0.15) is 35.4 Å². The first-order valence-electron chi connectivity index (χ1n) is 10.5. The van der Waals surface area contributed by atoms with E-state index >= 15 is 0 Å². The van der Waals surface area contributed by atoms with E-state index in [1.807, 2.05) is 11.3 Å². The summed E-state index contributed by atoms with van der Waals surface area (Å²) in [6, 6.07) is 10.8. The van der Waals surface area contributed by atoms with Crippen LogP contribution in [0.25, 0.3) is 0 Å². The number of fused-ring (bicyclic) bond motifs is 1. The first-order chi connectivity index (χ1) is 14.0. The molecule has 5 nitrogen and oxygen atoms in total. The lowest BCUT2D eigenvalue weighted by atomic mass is 10.1. The number of nitrogens with one attached hydrogen (secondary N) is 1. The number of carbonyl (C=O) groups is 1. The van der Waals surface area contributed by atoms with Crippen LogP contribution in [0, 0.1) is 0 Å². The van der Waals surface area contributed by atoms with E-state index in [0.717, 1.165) is 44.7 Å². The maximum atomic E-state index is 12.4. The van der Waals surface area contributed by atoms with Crippen LogP contribution >= 0.6 is 11.3 Å². The molecule has 2 aliphatic heterocycles. The van der Waals surface area contributed by atoms with Crippen LogP contribution in [0.2, 0.25) is 0 Å². The van der Waals surface area contributed by atoms with E-state index in [9.17, 15) is 4.79 Å². The molecule has 1 aromatic carbocycles. The van der Waals surface area contributed by atoms with Crippen LogP contribution in [-0.4, -0.2) is 54.1 Å². The molecular weight excluding hydrogens is 382 g/mol. The Morgan fingerprint density at radius 1 is 1.10 bits per heavy atom. The van der Waals surface area contributed by atoms with E-state index in [1.165, 1.54) is 16.0 Å². The summed E-state index contributed by atoms with van der Waals surface area (Å²) in [5, 5.41) is 5.22. The zero-order chi connectivity index (χ0) is 20.2. The van der Waals surface area contributed by atoms with Gasteiger partial charge in [-0.15, -0.1) is 11.3 Å². The summed E-state index contributed by atoms with van der Waals surface area (Å²) in [6.07, 6.45) is 1.64. The third-order valence-electron chi connectivity index (χ3n) is 5.67. The second kappa shape index (κ2) is 9.39. The summed E-state index contributed by atoms with van der Waals surface area (Å²) in [7, 11) is 0. The van der Waals surface area contributed by atoms with Crippen LogP contribution in [0.3, 0.4) is 0 Å². The largest absolute Gasteiger partial charge is 0.373 e. The van der Waals surface area contributed by atoms with E-state index in [1.54, 1.807) is 0 Å². The molecule has 6 heteroatoms. The lowest BCUT2D eigenvalue weighted by Gasteiger charge is -2.35. The summed E-state index contributed by atoms with van der Waals surface area (Å²) in [5.74, 6) is 0.101. The molecule has 0 aliphatic carbocycles. The minimum Gasteiger partial charge on any atom is -0.373 e. The van der Waals surface area contributed by atoms with E-state index in [2.05, 4.69) is 64.7 Å². The van der Waals surface area contributed by atoms with Gasteiger partial charge in [0.15, 0.2) is 0 Å². The van der Waals surface area contributed by atoms with E-state index in [0.29, 0.717) is 25.3 Å².